The second-order valence-electron chi connectivity index (χ2n) is 4.73. The van der Waals surface area contributed by atoms with Gasteiger partial charge < -0.3 is 4.74 Å². The van der Waals surface area contributed by atoms with Gasteiger partial charge >= 0.3 is 5.69 Å². The van der Waals surface area contributed by atoms with E-state index in [-0.39, 0.29) is 10.6 Å². The molecule has 8 heteroatoms. The normalized spacial score (nSPS) is 11.2. The lowest BCUT2D eigenvalue weighted by atomic mass is 10.2. The predicted octanol–water partition coefficient (Wildman–Crippen LogP) is 3.30. The maximum Gasteiger partial charge on any atom is 0.301 e. The Morgan fingerprint density at radius 3 is 2.48 bits per heavy atom. The maximum atomic E-state index is 11.8. The van der Waals surface area contributed by atoms with Gasteiger partial charge in [0.2, 0.25) is 0 Å². The minimum Gasteiger partial charge on any atom is -0.496 e. The average Bonchev–Trinajstić information content (AvgIpc) is 2.51. The minimum atomic E-state index is -3.68. The predicted molar refractivity (Wildman–Crippen MR) is 88.8 cm³/mol. The molecule has 0 aliphatic carbocycles. The van der Waals surface area contributed by atoms with Gasteiger partial charge in [-0.2, -0.15) is 0 Å². The Morgan fingerprint density at radius 2 is 1.87 bits per heavy atom. The van der Waals surface area contributed by atoms with E-state index in [0.717, 1.165) is 11.8 Å². The summed E-state index contributed by atoms with van der Waals surface area (Å²) in [6.07, 6.45) is 0.962. The Bertz CT molecular complexity index is 834. The zero-order valence-corrected chi connectivity index (χ0v) is 14.2. The molecule has 0 radical (unpaired) electrons. The third-order valence-corrected chi connectivity index (χ3v) is 5.34. The summed E-state index contributed by atoms with van der Waals surface area (Å²) in [5.74, 6) is 1.11. The van der Waals surface area contributed by atoms with Crippen LogP contribution in [0.25, 0.3) is 0 Å². The number of hydrogen-bond donors (Lipinski definition) is 0. The van der Waals surface area contributed by atoms with Gasteiger partial charge in [-0.05, 0) is 18.2 Å². The van der Waals surface area contributed by atoms with Crippen molar-refractivity contribution >= 4 is 27.3 Å². The maximum absolute atomic E-state index is 11.8. The van der Waals surface area contributed by atoms with Gasteiger partial charge in [0.15, 0.2) is 9.84 Å². The first-order valence-electron chi connectivity index (χ1n) is 6.56. The number of benzene rings is 2. The molecule has 0 heterocycles. The molecule has 0 fully saturated rings. The molecule has 0 N–H and O–H groups in total. The lowest BCUT2D eigenvalue weighted by Crippen LogP contribution is -2.04. The molecule has 0 aliphatic rings. The number of nitrogens with zero attached hydrogens (tertiary/aromatic N) is 1. The Labute approximate surface area is 138 Å². The highest BCUT2D eigenvalue weighted by atomic mass is 32.2. The third kappa shape index (κ3) is 4.02. The summed E-state index contributed by atoms with van der Waals surface area (Å²) in [4.78, 5) is 10.7. The highest BCUT2D eigenvalue weighted by molar-refractivity contribution is 7.98. The Morgan fingerprint density at radius 1 is 1.17 bits per heavy atom. The van der Waals surface area contributed by atoms with Crippen molar-refractivity contribution in [2.24, 2.45) is 0 Å². The van der Waals surface area contributed by atoms with Crippen molar-refractivity contribution in [2.75, 3.05) is 13.4 Å². The summed E-state index contributed by atoms with van der Waals surface area (Å²) >= 11 is 1.20. The number of nitro groups is 1. The molecule has 0 saturated carbocycles. The number of nitro benzene ring substituents is 1. The van der Waals surface area contributed by atoms with E-state index in [0.29, 0.717) is 16.4 Å². The molecule has 0 bridgehead atoms. The van der Waals surface area contributed by atoms with Crippen LogP contribution in [0.15, 0.2) is 52.3 Å². The Balaban J connectivity index is 2.39. The topological polar surface area (TPSA) is 86.5 Å². The highest BCUT2D eigenvalue weighted by Crippen LogP contribution is 2.37. The van der Waals surface area contributed by atoms with Crippen LogP contribution < -0.4 is 4.74 Å². The van der Waals surface area contributed by atoms with E-state index in [1.165, 1.54) is 23.9 Å². The SMILES string of the molecule is COc1ccccc1CSc1cccc(S(C)(=O)=O)c1[N+](=O)[O-]. The van der Waals surface area contributed by atoms with Crippen molar-refractivity contribution in [3.8, 4) is 5.75 Å². The summed E-state index contributed by atoms with van der Waals surface area (Å²) in [6, 6.07) is 11.6. The molecule has 6 nitrogen and oxygen atoms in total. The molecule has 0 amide bonds. The molecule has 23 heavy (non-hydrogen) atoms. The van der Waals surface area contributed by atoms with Gasteiger partial charge in [0.05, 0.1) is 16.9 Å². The van der Waals surface area contributed by atoms with Crippen LogP contribution in [-0.2, 0) is 15.6 Å². The van der Waals surface area contributed by atoms with Gasteiger partial charge in [-0.3, -0.25) is 10.1 Å². The van der Waals surface area contributed by atoms with Gasteiger partial charge in [-0.25, -0.2) is 8.42 Å². The first kappa shape index (κ1) is 17.3. The summed E-state index contributed by atoms with van der Waals surface area (Å²) in [7, 11) is -2.12. The summed E-state index contributed by atoms with van der Waals surface area (Å²) < 4.78 is 28.7. The Kier molecular flexibility index (Phi) is 5.27. The largest absolute Gasteiger partial charge is 0.496 e. The van der Waals surface area contributed by atoms with Crippen LogP contribution >= 0.6 is 11.8 Å². The van der Waals surface area contributed by atoms with E-state index in [9.17, 15) is 18.5 Å². The molecule has 0 aromatic heterocycles. The second-order valence-corrected chi connectivity index (χ2v) is 7.73. The van der Waals surface area contributed by atoms with Gasteiger partial charge in [-0.15, -0.1) is 11.8 Å². The number of hydrogen-bond acceptors (Lipinski definition) is 6. The van der Waals surface area contributed by atoms with Crippen LogP contribution in [0.2, 0.25) is 0 Å². The van der Waals surface area contributed by atoms with Gasteiger partial charge in [0.1, 0.15) is 10.6 Å². The smallest absolute Gasteiger partial charge is 0.301 e. The van der Waals surface area contributed by atoms with E-state index in [1.54, 1.807) is 19.2 Å². The molecule has 0 aliphatic heterocycles. The molecule has 0 atom stereocenters. The molecule has 2 aromatic carbocycles. The van der Waals surface area contributed by atoms with Crippen molar-refractivity contribution in [3.63, 3.8) is 0 Å². The summed E-state index contributed by atoms with van der Waals surface area (Å²) in [6.45, 7) is 0. The van der Waals surface area contributed by atoms with Crippen LogP contribution in [0.4, 0.5) is 5.69 Å². The van der Waals surface area contributed by atoms with E-state index in [2.05, 4.69) is 0 Å². The quantitative estimate of drug-likeness (QED) is 0.450. The number of sulfone groups is 1. The van der Waals surface area contributed by atoms with Gasteiger partial charge in [-0.1, -0.05) is 24.3 Å². The average molecular weight is 353 g/mol. The van der Waals surface area contributed by atoms with E-state index in [4.69, 9.17) is 4.74 Å². The second kappa shape index (κ2) is 7.01. The number of methoxy groups -OCH3 is 1. The zero-order chi connectivity index (χ0) is 17.0. The number of rotatable bonds is 6. The van der Waals surface area contributed by atoms with Crippen molar-refractivity contribution in [1.82, 2.24) is 0 Å². The highest BCUT2D eigenvalue weighted by Gasteiger charge is 2.26. The summed E-state index contributed by atoms with van der Waals surface area (Å²) in [5.41, 5.74) is 0.494. The lowest BCUT2D eigenvalue weighted by molar-refractivity contribution is -0.390. The van der Waals surface area contributed by atoms with E-state index in [1.807, 2.05) is 18.2 Å². The minimum absolute atomic E-state index is 0.271. The molecule has 122 valence electrons. The summed E-state index contributed by atoms with van der Waals surface area (Å²) in [5, 5.41) is 11.3. The fourth-order valence-electron chi connectivity index (χ4n) is 2.08. The van der Waals surface area contributed by atoms with E-state index >= 15 is 0 Å². The first-order chi connectivity index (χ1) is 10.8. The van der Waals surface area contributed by atoms with Crippen LogP contribution in [-0.4, -0.2) is 26.7 Å². The number of thioether (sulfide) groups is 1. The van der Waals surface area contributed by atoms with Crippen LogP contribution in [0.5, 0.6) is 5.75 Å². The van der Waals surface area contributed by atoms with E-state index < -0.39 is 14.8 Å². The molecular formula is C15H15NO5S2. The zero-order valence-electron chi connectivity index (χ0n) is 12.6. The molecule has 0 unspecified atom stereocenters. The van der Waals surface area contributed by atoms with Crippen molar-refractivity contribution < 1.29 is 18.1 Å². The monoisotopic (exact) mass is 353 g/mol. The van der Waals surface area contributed by atoms with Crippen LogP contribution in [0.1, 0.15) is 5.56 Å². The molecule has 2 rings (SSSR count). The first-order valence-corrected chi connectivity index (χ1v) is 9.44. The Hall–Kier alpha value is -2.06. The van der Waals surface area contributed by atoms with Crippen molar-refractivity contribution in [2.45, 2.75) is 15.5 Å². The molecule has 2 aromatic rings. The number of para-hydroxylation sites is 2. The molecular weight excluding hydrogens is 338 g/mol. The number of ether oxygens (including phenoxy) is 1. The van der Waals surface area contributed by atoms with Crippen molar-refractivity contribution in [3.05, 3.63) is 58.1 Å². The third-order valence-electron chi connectivity index (χ3n) is 3.12. The van der Waals surface area contributed by atoms with Crippen molar-refractivity contribution in [1.29, 1.82) is 0 Å². The van der Waals surface area contributed by atoms with Crippen LogP contribution in [0, 0.1) is 10.1 Å². The molecule has 0 spiro atoms. The van der Waals surface area contributed by atoms with Gasteiger partial charge in [0, 0.05) is 17.6 Å². The fourth-order valence-corrected chi connectivity index (χ4v) is 4.05. The lowest BCUT2D eigenvalue weighted by Gasteiger charge is -2.09. The fraction of sp³-hybridized carbons (Fsp3) is 0.200. The standard InChI is InChI=1S/C15H15NO5S2/c1-21-12-7-4-3-6-11(12)10-22-13-8-5-9-14(23(2,19)20)15(13)16(17)18/h3-9H,10H2,1-2H3. The van der Waals surface area contributed by atoms with Gasteiger partial charge in [0.25, 0.3) is 0 Å². The van der Waals surface area contributed by atoms with Crippen LogP contribution in [0.3, 0.4) is 0 Å². The molecule has 0 saturated heterocycles.